The number of nitrogens with one attached hydrogen (secondary N) is 1. The number of anilines is 2. The lowest BCUT2D eigenvalue weighted by Gasteiger charge is -2.09. The molecule has 0 aliphatic heterocycles. The van der Waals surface area contributed by atoms with Crippen molar-refractivity contribution in [1.82, 2.24) is 0 Å². The third-order valence-electron chi connectivity index (χ3n) is 2.62. The van der Waals surface area contributed by atoms with Crippen molar-refractivity contribution in [2.24, 2.45) is 5.73 Å². The van der Waals surface area contributed by atoms with Gasteiger partial charge in [-0.15, -0.1) is 0 Å². The monoisotopic (exact) mass is 246 g/mol. The Balaban J connectivity index is 2.22. The van der Waals surface area contributed by atoms with Gasteiger partial charge >= 0.3 is 0 Å². The van der Waals surface area contributed by atoms with Crippen molar-refractivity contribution in [3.05, 3.63) is 58.6 Å². The van der Waals surface area contributed by atoms with Crippen LogP contribution in [0.2, 0.25) is 5.02 Å². The molecule has 0 radical (unpaired) electrons. The molecule has 0 saturated carbocycles. The van der Waals surface area contributed by atoms with Gasteiger partial charge in [0.05, 0.1) is 0 Å². The zero-order chi connectivity index (χ0) is 12.3. The highest BCUT2D eigenvalue weighted by molar-refractivity contribution is 6.31. The Morgan fingerprint density at radius 3 is 2.59 bits per heavy atom. The second kappa shape index (κ2) is 5.21. The predicted octanol–water partition coefficient (Wildman–Crippen LogP) is 3.85. The molecular weight excluding hydrogens is 232 g/mol. The highest BCUT2D eigenvalue weighted by atomic mass is 35.5. The van der Waals surface area contributed by atoms with Crippen LogP contribution in [0.15, 0.2) is 42.5 Å². The van der Waals surface area contributed by atoms with E-state index in [9.17, 15) is 0 Å². The summed E-state index contributed by atoms with van der Waals surface area (Å²) < 4.78 is 0. The molecule has 0 saturated heterocycles. The first-order chi connectivity index (χ1) is 8.19. The van der Waals surface area contributed by atoms with E-state index in [2.05, 4.69) is 5.32 Å². The molecule has 0 aliphatic rings. The lowest BCUT2D eigenvalue weighted by atomic mass is 10.2. The molecule has 0 fully saturated rings. The Labute approximate surface area is 106 Å². The molecule has 3 N–H and O–H groups in total. The van der Waals surface area contributed by atoms with Gasteiger partial charge in [-0.3, -0.25) is 0 Å². The Morgan fingerprint density at radius 1 is 1.12 bits per heavy atom. The van der Waals surface area contributed by atoms with E-state index in [1.807, 2.05) is 49.4 Å². The molecule has 3 heteroatoms. The van der Waals surface area contributed by atoms with Crippen molar-refractivity contribution >= 4 is 23.0 Å². The summed E-state index contributed by atoms with van der Waals surface area (Å²) >= 11 is 6.08. The molecule has 0 heterocycles. The number of hydrogen-bond donors (Lipinski definition) is 2. The van der Waals surface area contributed by atoms with Gasteiger partial charge in [-0.2, -0.15) is 0 Å². The molecule has 0 unspecified atom stereocenters. The molecule has 0 aliphatic carbocycles. The largest absolute Gasteiger partial charge is 0.355 e. The van der Waals surface area contributed by atoms with Gasteiger partial charge < -0.3 is 11.1 Å². The first-order valence-corrected chi connectivity index (χ1v) is 5.89. The molecule has 2 rings (SSSR count). The topological polar surface area (TPSA) is 38.0 Å². The average molecular weight is 247 g/mol. The Bertz CT molecular complexity index is 523. The molecule has 0 bridgehead atoms. The molecule has 0 aromatic heterocycles. The van der Waals surface area contributed by atoms with Crippen molar-refractivity contribution in [1.29, 1.82) is 0 Å². The summed E-state index contributed by atoms with van der Waals surface area (Å²) in [6.07, 6.45) is 0. The number of aryl methyl sites for hydroxylation is 1. The van der Waals surface area contributed by atoms with Crippen molar-refractivity contribution in [3.63, 3.8) is 0 Å². The van der Waals surface area contributed by atoms with Crippen LogP contribution in [0.25, 0.3) is 0 Å². The quantitative estimate of drug-likeness (QED) is 0.863. The van der Waals surface area contributed by atoms with Crippen molar-refractivity contribution < 1.29 is 0 Å². The third kappa shape index (κ3) is 2.99. The van der Waals surface area contributed by atoms with Crippen LogP contribution in [0.1, 0.15) is 11.1 Å². The van der Waals surface area contributed by atoms with Crippen molar-refractivity contribution in [2.45, 2.75) is 13.5 Å². The Morgan fingerprint density at radius 2 is 1.88 bits per heavy atom. The van der Waals surface area contributed by atoms with Crippen molar-refractivity contribution in [3.8, 4) is 0 Å². The maximum atomic E-state index is 6.08. The van der Waals surface area contributed by atoms with E-state index in [1.165, 1.54) is 0 Å². The van der Waals surface area contributed by atoms with Crippen LogP contribution in [0.5, 0.6) is 0 Å². The fourth-order valence-electron chi connectivity index (χ4n) is 1.61. The minimum atomic E-state index is 0.546. The summed E-state index contributed by atoms with van der Waals surface area (Å²) in [5, 5.41) is 4.08. The number of halogens is 1. The van der Waals surface area contributed by atoms with Crippen LogP contribution in [0.3, 0.4) is 0 Å². The van der Waals surface area contributed by atoms with E-state index in [0.29, 0.717) is 6.54 Å². The summed E-state index contributed by atoms with van der Waals surface area (Å²) in [5.74, 6) is 0. The van der Waals surface area contributed by atoms with Gasteiger partial charge in [0.1, 0.15) is 0 Å². The van der Waals surface area contributed by atoms with Gasteiger partial charge in [0.2, 0.25) is 0 Å². The fourth-order valence-corrected chi connectivity index (χ4v) is 1.79. The molecule has 2 nitrogen and oxygen atoms in total. The van der Waals surface area contributed by atoms with Crippen LogP contribution in [-0.4, -0.2) is 0 Å². The highest BCUT2D eigenvalue weighted by Gasteiger charge is 1.99. The number of nitrogens with two attached hydrogens (primary N) is 1. The first kappa shape index (κ1) is 12.0. The summed E-state index contributed by atoms with van der Waals surface area (Å²) in [7, 11) is 0. The average Bonchev–Trinajstić information content (AvgIpc) is 2.34. The first-order valence-electron chi connectivity index (χ1n) is 5.51. The maximum absolute atomic E-state index is 6.08. The lowest BCUT2D eigenvalue weighted by molar-refractivity contribution is 1.07. The second-order valence-corrected chi connectivity index (χ2v) is 4.40. The van der Waals surface area contributed by atoms with Gasteiger partial charge in [0, 0.05) is 22.9 Å². The van der Waals surface area contributed by atoms with E-state index in [1.54, 1.807) is 0 Å². The fraction of sp³-hybridized carbons (Fsp3) is 0.143. The van der Waals surface area contributed by atoms with E-state index >= 15 is 0 Å². The van der Waals surface area contributed by atoms with Crippen LogP contribution in [0.4, 0.5) is 11.4 Å². The molecule has 0 spiro atoms. The van der Waals surface area contributed by atoms with E-state index < -0.39 is 0 Å². The van der Waals surface area contributed by atoms with Crippen LogP contribution < -0.4 is 11.1 Å². The molecule has 0 amide bonds. The summed E-state index contributed by atoms with van der Waals surface area (Å²) in [6, 6.07) is 14.0. The number of rotatable bonds is 3. The Kier molecular flexibility index (Phi) is 3.67. The number of hydrogen-bond acceptors (Lipinski definition) is 2. The second-order valence-electron chi connectivity index (χ2n) is 3.99. The lowest BCUT2D eigenvalue weighted by Crippen LogP contribution is -1.97. The molecule has 2 aromatic rings. The molecule has 0 atom stereocenters. The minimum absolute atomic E-state index is 0.546. The van der Waals surface area contributed by atoms with Crippen LogP contribution in [0, 0.1) is 6.92 Å². The maximum Gasteiger partial charge on any atom is 0.0455 e. The molecule has 88 valence electrons. The van der Waals surface area contributed by atoms with Gasteiger partial charge in [-0.25, -0.2) is 0 Å². The van der Waals surface area contributed by atoms with Crippen LogP contribution >= 0.6 is 11.6 Å². The summed E-state index contributed by atoms with van der Waals surface area (Å²) in [5.41, 5.74) is 9.79. The van der Waals surface area contributed by atoms with Crippen molar-refractivity contribution in [2.75, 3.05) is 5.32 Å². The van der Waals surface area contributed by atoms with Gasteiger partial charge in [0.25, 0.3) is 0 Å². The molecule has 17 heavy (non-hydrogen) atoms. The van der Waals surface area contributed by atoms with E-state index in [0.717, 1.165) is 27.5 Å². The summed E-state index contributed by atoms with van der Waals surface area (Å²) in [6.45, 7) is 2.53. The number of benzene rings is 2. The van der Waals surface area contributed by atoms with Gasteiger partial charge in [-0.1, -0.05) is 29.8 Å². The van der Waals surface area contributed by atoms with Crippen LogP contribution in [-0.2, 0) is 6.54 Å². The summed E-state index contributed by atoms with van der Waals surface area (Å²) in [4.78, 5) is 0. The van der Waals surface area contributed by atoms with Gasteiger partial charge in [0.15, 0.2) is 0 Å². The van der Waals surface area contributed by atoms with Gasteiger partial charge in [-0.05, 0) is 42.3 Å². The predicted molar refractivity (Wildman–Crippen MR) is 73.8 cm³/mol. The van der Waals surface area contributed by atoms with E-state index in [-0.39, 0.29) is 0 Å². The highest BCUT2D eigenvalue weighted by Crippen LogP contribution is 2.23. The standard InChI is InChI=1S/C14H15ClN2/c1-10-5-6-13(8-14(10)15)17-12-4-2-3-11(7-12)9-16/h2-8,17H,9,16H2,1H3. The SMILES string of the molecule is Cc1ccc(Nc2cccc(CN)c2)cc1Cl. The minimum Gasteiger partial charge on any atom is -0.355 e. The third-order valence-corrected chi connectivity index (χ3v) is 3.03. The molecular formula is C14H15ClN2. The smallest absolute Gasteiger partial charge is 0.0455 e. The zero-order valence-corrected chi connectivity index (χ0v) is 10.5. The van der Waals surface area contributed by atoms with E-state index in [4.69, 9.17) is 17.3 Å². The molecule has 2 aromatic carbocycles. The Hall–Kier alpha value is -1.51. The normalized spacial score (nSPS) is 10.3. The zero-order valence-electron chi connectivity index (χ0n) is 9.70.